The zero-order chi connectivity index (χ0) is 17.6. The highest BCUT2D eigenvalue weighted by atomic mass is 16.5. The van der Waals surface area contributed by atoms with Crippen LogP contribution in [0.15, 0.2) is 24.3 Å². The third-order valence-electron chi connectivity index (χ3n) is 5.63. The average Bonchev–Trinajstić information content (AvgIpc) is 2.68. The second-order valence-electron chi connectivity index (χ2n) is 7.24. The van der Waals surface area contributed by atoms with Crippen molar-refractivity contribution in [2.75, 3.05) is 38.2 Å². The third-order valence-corrected chi connectivity index (χ3v) is 5.63. The molecule has 0 bridgehead atoms. The van der Waals surface area contributed by atoms with Crippen LogP contribution in [0, 0.1) is 0 Å². The Hall–Kier alpha value is -1.75. The number of hydrogen-bond acceptors (Lipinski definition) is 4. The number of carbonyl (C=O) groups excluding carboxylic acids is 1. The van der Waals surface area contributed by atoms with E-state index in [2.05, 4.69) is 27.2 Å². The minimum Gasteiger partial charge on any atom is -0.497 e. The lowest BCUT2D eigenvalue weighted by Crippen LogP contribution is -2.55. The molecule has 1 aliphatic carbocycles. The number of amides is 1. The molecule has 1 N–H and O–H groups in total. The normalized spacial score (nSPS) is 21.0. The van der Waals surface area contributed by atoms with Gasteiger partial charge in [-0.05, 0) is 44.0 Å². The second-order valence-corrected chi connectivity index (χ2v) is 7.24. The minimum atomic E-state index is -0.0417. The van der Waals surface area contributed by atoms with Crippen LogP contribution in [0.25, 0.3) is 0 Å². The van der Waals surface area contributed by atoms with E-state index in [1.54, 1.807) is 7.11 Å². The van der Waals surface area contributed by atoms with Crippen molar-refractivity contribution in [3.63, 3.8) is 0 Å². The highest BCUT2D eigenvalue weighted by Crippen LogP contribution is 2.21. The molecule has 0 spiro atoms. The number of methoxy groups -OCH3 is 1. The number of ether oxygens (including phenoxy) is 1. The van der Waals surface area contributed by atoms with Crippen molar-refractivity contribution in [1.82, 2.24) is 10.2 Å². The van der Waals surface area contributed by atoms with Crippen LogP contribution in [-0.2, 0) is 4.79 Å². The van der Waals surface area contributed by atoms with Crippen LogP contribution < -0.4 is 15.0 Å². The molecular formula is C20H31N3O2. The molecule has 3 rings (SSSR count). The summed E-state index contributed by atoms with van der Waals surface area (Å²) in [7, 11) is 1.69. The van der Waals surface area contributed by atoms with E-state index in [1.807, 2.05) is 19.1 Å². The van der Waals surface area contributed by atoms with E-state index >= 15 is 0 Å². The Bertz CT molecular complexity index is 547. The summed E-state index contributed by atoms with van der Waals surface area (Å²) in [6.07, 6.45) is 6.10. The van der Waals surface area contributed by atoms with E-state index < -0.39 is 0 Å². The molecule has 5 nitrogen and oxygen atoms in total. The van der Waals surface area contributed by atoms with E-state index in [4.69, 9.17) is 4.74 Å². The summed E-state index contributed by atoms with van der Waals surface area (Å²) in [6, 6.07) is 8.56. The Morgan fingerprint density at radius 3 is 2.32 bits per heavy atom. The summed E-state index contributed by atoms with van der Waals surface area (Å²) >= 11 is 0. The summed E-state index contributed by atoms with van der Waals surface area (Å²) in [4.78, 5) is 17.2. The van der Waals surface area contributed by atoms with E-state index in [-0.39, 0.29) is 11.9 Å². The molecule has 1 atom stereocenters. The summed E-state index contributed by atoms with van der Waals surface area (Å²) in [5.74, 6) is 1.08. The molecule has 5 heteroatoms. The van der Waals surface area contributed by atoms with E-state index in [1.165, 1.54) is 24.9 Å². The lowest BCUT2D eigenvalue weighted by atomic mass is 9.95. The topological polar surface area (TPSA) is 44.8 Å². The molecule has 1 aromatic rings. The lowest BCUT2D eigenvalue weighted by Gasteiger charge is -2.39. The molecule has 1 amide bonds. The molecule has 138 valence electrons. The molecule has 0 radical (unpaired) electrons. The van der Waals surface area contributed by atoms with E-state index in [9.17, 15) is 4.79 Å². The molecule has 1 saturated carbocycles. The van der Waals surface area contributed by atoms with Gasteiger partial charge < -0.3 is 15.0 Å². The largest absolute Gasteiger partial charge is 0.497 e. The van der Waals surface area contributed by atoms with Crippen molar-refractivity contribution in [1.29, 1.82) is 0 Å². The molecule has 1 heterocycles. The van der Waals surface area contributed by atoms with Crippen molar-refractivity contribution in [2.24, 2.45) is 0 Å². The molecule has 2 fully saturated rings. The van der Waals surface area contributed by atoms with Gasteiger partial charge >= 0.3 is 0 Å². The Balaban J connectivity index is 1.47. The summed E-state index contributed by atoms with van der Waals surface area (Å²) in [6.45, 7) is 5.79. The highest BCUT2D eigenvalue weighted by molar-refractivity contribution is 5.81. The molecular weight excluding hydrogens is 314 g/mol. The van der Waals surface area contributed by atoms with Gasteiger partial charge in [0.1, 0.15) is 5.75 Å². The molecule has 1 aliphatic heterocycles. The maximum Gasteiger partial charge on any atom is 0.237 e. The van der Waals surface area contributed by atoms with Gasteiger partial charge in [-0.3, -0.25) is 9.69 Å². The fourth-order valence-electron chi connectivity index (χ4n) is 3.89. The van der Waals surface area contributed by atoms with Crippen LogP contribution in [0.3, 0.4) is 0 Å². The number of nitrogens with zero attached hydrogens (tertiary/aromatic N) is 2. The first kappa shape index (κ1) is 18.1. The number of rotatable bonds is 5. The van der Waals surface area contributed by atoms with Crippen molar-refractivity contribution >= 4 is 11.6 Å². The summed E-state index contributed by atoms with van der Waals surface area (Å²) in [5, 5.41) is 3.26. The number of benzene rings is 1. The van der Waals surface area contributed by atoms with Gasteiger partial charge in [0.25, 0.3) is 0 Å². The second kappa shape index (κ2) is 8.56. The van der Waals surface area contributed by atoms with Gasteiger partial charge in [0, 0.05) is 37.9 Å². The maximum atomic E-state index is 12.6. The predicted molar refractivity (Wildman–Crippen MR) is 101 cm³/mol. The van der Waals surface area contributed by atoms with Crippen molar-refractivity contribution < 1.29 is 9.53 Å². The van der Waals surface area contributed by atoms with Crippen LogP contribution in [-0.4, -0.2) is 56.2 Å². The molecule has 1 saturated heterocycles. The summed E-state index contributed by atoms with van der Waals surface area (Å²) in [5.41, 5.74) is 1.22. The molecule has 2 aliphatic rings. The number of carbonyl (C=O) groups is 1. The fraction of sp³-hybridized carbons (Fsp3) is 0.650. The predicted octanol–water partition coefficient (Wildman–Crippen LogP) is 2.65. The van der Waals surface area contributed by atoms with Crippen molar-refractivity contribution in [2.45, 2.75) is 51.1 Å². The number of hydrogen-bond donors (Lipinski definition) is 1. The zero-order valence-electron chi connectivity index (χ0n) is 15.5. The van der Waals surface area contributed by atoms with Gasteiger partial charge in [0.2, 0.25) is 5.91 Å². The number of piperazine rings is 1. The molecule has 1 unspecified atom stereocenters. The third kappa shape index (κ3) is 4.66. The van der Waals surface area contributed by atoms with Crippen molar-refractivity contribution in [3.8, 4) is 5.75 Å². The minimum absolute atomic E-state index is 0.0417. The van der Waals surface area contributed by atoms with Crippen molar-refractivity contribution in [3.05, 3.63) is 24.3 Å². The Kier molecular flexibility index (Phi) is 6.19. The quantitative estimate of drug-likeness (QED) is 0.891. The van der Waals surface area contributed by atoms with Crippen LogP contribution in [0.5, 0.6) is 5.75 Å². The Labute approximate surface area is 151 Å². The summed E-state index contributed by atoms with van der Waals surface area (Å²) < 4.78 is 5.22. The fourth-order valence-corrected chi connectivity index (χ4v) is 3.89. The maximum absolute atomic E-state index is 12.6. The zero-order valence-corrected chi connectivity index (χ0v) is 15.5. The number of nitrogens with one attached hydrogen (secondary N) is 1. The van der Waals surface area contributed by atoms with E-state index in [0.29, 0.717) is 6.04 Å². The average molecular weight is 345 g/mol. The van der Waals surface area contributed by atoms with Crippen LogP contribution in [0.1, 0.15) is 39.0 Å². The van der Waals surface area contributed by atoms with E-state index in [0.717, 1.165) is 44.8 Å². The smallest absolute Gasteiger partial charge is 0.237 e. The van der Waals surface area contributed by atoms with Gasteiger partial charge in [-0.15, -0.1) is 0 Å². The standard InChI is InChI=1S/C20H31N3O2/c1-16(20(24)21-17-6-4-3-5-7-17)22-12-14-23(15-13-22)18-8-10-19(25-2)11-9-18/h8-11,16-17H,3-7,12-15H2,1-2H3,(H,21,24). The van der Waals surface area contributed by atoms with Gasteiger partial charge in [-0.25, -0.2) is 0 Å². The molecule has 0 aromatic heterocycles. The van der Waals surface area contributed by atoms with Crippen LogP contribution in [0.2, 0.25) is 0 Å². The van der Waals surface area contributed by atoms with Crippen LogP contribution >= 0.6 is 0 Å². The SMILES string of the molecule is COc1ccc(N2CCN(C(C)C(=O)NC3CCCCC3)CC2)cc1. The Morgan fingerprint density at radius 2 is 1.72 bits per heavy atom. The van der Waals surface area contributed by atoms with Gasteiger partial charge in [-0.1, -0.05) is 19.3 Å². The van der Waals surface area contributed by atoms with Crippen LogP contribution in [0.4, 0.5) is 5.69 Å². The lowest BCUT2D eigenvalue weighted by molar-refractivity contribution is -0.127. The monoisotopic (exact) mass is 345 g/mol. The highest BCUT2D eigenvalue weighted by Gasteiger charge is 2.27. The first-order valence-electron chi connectivity index (χ1n) is 9.61. The molecule has 25 heavy (non-hydrogen) atoms. The number of anilines is 1. The first-order chi connectivity index (χ1) is 12.2. The van der Waals surface area contributed by atoms with Gasteiger partial charge in [-0.2, -0.15) is 0 Å². The van der Waals surface area contributed by atoms with Gasteiger partial charge in [0.15, 0.2) is 0 Å². The Morgan fingerprint density at radius 1 is 1.08 bits per heavy atom. The van der Waals surface area contributed by atoms with Gasteiger partial charge in [0.05, 0.1) is 13.2 Å². The molecule has 1 aromatic carbocycles. The first-order valence-corrected chi connectivity index (χ1v) is 9.61.